The number of ether oxygens (including phenoxy) is 1. The minimum atomic E-state index is -0.0168. The van der Waals surface area contributed by atoms with Crippen molar-refractivity contribution < 1.29 is 4.74 Å². The van der Waals surface area contributed by atoms with Crippen molar-refractivity contribution >= 4 is 17.5 Å². The van der Waals surface area contributed by atoms with E-state index in [2.05, 4.69) is 17.1 Å². The van der Waals surface area contributed by atoms with Gasteiger partial charge in [0.2, 0.25) is 5.90 Å². The van der Waals surface area contributed by atoms with E-state index in [0.29, 0.717) is 6.54 Å². The molecule has 1 atom stereocenters. The van der Waals surface area contributed by atoms with E-state index in [-0.39, 0.29) is 11.0 Å². The highest BCUT2D eigenvalue weighted by Crippen LogP contribution is 2.52. The Morgan fingerprint density at radius 3 is 2.67 bits per heavy atom. The van der Waals surface area contributed by atoms with Gasteiger partial charge in [-0.2, -0.15) is 0 Å². The predicted molar refractivity (Wildman–Crippen MR) is 60.3 cm³/mol. The quantitative estimate of drug-likeness (QED) is 0.704. The summed E-state index contributed by atoms with van der Waals surface area (Å²) in [5, 5.41) is 0.0150. The van der Waals surface area contributed by atoms with Gasteiger partial charge in [-0.3, -0.25) is 0 Å². The Morgan fingerprint density at radius 2 is 2.07 bits per heavy atom. The smallest absolute Gasteiger partial charge is 0.206 e. The van der Waals surface area contributed by atoms with Crippen molar-refractivity contribution in [1.29, 1.82) is 0 Å². The zero-order chi connectivity index (χ0) is 10.3. The van der Waals surface area contributed by atoms with Gasteiger partial charge < -0.3 is 4.74 Å². The molecule has 2 fully saturated rings. The van der Waals surface area contributed by atoms with E-state index in [9.17, 15) is 0 Å². The molecule has 78 valence electrons. The molecule has 0 N–H and O–H groups in total. The zero-order valence-corrected chi connectivity index (χ0v) is 9.07. The average molecular weight is 222 g/mol. The number of alkyl halides is 1. The van der Waals surface area contributed by atoms with Crippen molar-refractivity contribution in [3.05, 3.63) is 35.9 Å². The molecule has 0 amide bonds. The molecule has 1 heterocycles. The lowest BCUT2D eigenvalue weighted by Crippen LogP contribution is -2.48. The minimum absolute atomic E-state index is 0.0150. The number of rotatable bonds is 2. The second kappa shape index (κ2) is 3.24. The summed E-state index contributed by atoms with van der Waals surface area (Å²) in [6.07, 6.45) is 2.18. The molecular weight excluding hydrogens is 210 g/mol. The van der Waals surface area contributed by atoms with Gasteiger partial charge in [0.25, 0.3) is 0 Å². The maximum atomic E-state index is 6.18. The number of halogens is 1. The summed E-state index contributed by atoms with van der Waals surface area (Å²) in [6, 6.07) is 10.1. The number of hydrogen-bond donors (Lipinski definition) is 0. The second-order valence-electron chi connectivity index (χ2n) is 4.17. The van der Waals surface area contributed by atoms with E-state index in [0.717, 1.165) is 18.7 Å². The van der Waals surface area contributed by atoms with Crippen LogP contribution in [-0.2, 0) is 11.3 Å². The molecule has 1 aliphatic carbocycles. The van der Waals surface area contributed by atoms with Gasteiger partial charge in [-0.1, -0.05) is 30.3 Å². The average Bonchev–Trinajstić information content (AvgIpc) is 3.07. The maximum Gasteiger partial charge on any atom is 0.206 e. The molecule has 1 aliphatic heterocycles. The van der Waals surface area contributed by atoms with E-state index >= 15 is 0 Å². The van der Waals surface area contributed by atoms with Crippen LogP contribution in [0.25, 0.3) is 0 Å². The minimum Gasteiger partial charge on any atom is -0.471 e. The van der Waals surface area contributed by atoms with Crippen LogP contribution in [0.3, 0.4) is 0 Å². The van der Waals surface area contributed by atoms with Crippen molar-refractivity contribution in [3.63, 3.8) is 0 Å². The van der Waals surface area contributed by atoms with Crippen molar-refractivity contribution in [2.75, 3.05) is 0 Å². The van der Waals surface area contributed by atoms with Gasteiger partial charge in [-0.05, 0) is 18.4 Å². The lowest BCUT2D eigenvalue weighted by molar-refractivity contribution is 0.0991. The van der Waals surface area contributed by atoms with Gasteiger partial charge in [0.1, 0.15) is 11.0 Å². The van der Waals surface area contributed by atoms with Crippen LogP contribution in [0.1, 0.15) is 18.4 Å². The Kier molecular flexibility index (Phi) is 1.99. The monoisotopic (exact) mass is 221 g/mol. The van der Waals surface area contributed by atoms with E-state index in [4.69, 9.17) is 16.3 Å². The summed E-state index contributed by atoms with van der Waals surface area (Å²) in [6.45, 7) is 0.662. The third-order valence-corrected chi connectivity index (χ3v) is 3.57. The van der Waals surface area contributed by atoms with Crippen LogP contribution in [0, 0.1) is 0 Å². The van der Waals surface area contributed by atoms with Gasteiger partial charge in [0.15, 0.2) is 0 Å². The van der Waals surface area contributed by atoms with Crippen LogP contribution in [0.2, 0.25) is 0 Å². The fourth-order valence-electron chi connectivity index (χ4n) is 1.82. The highest BCUT2D eigenvalue weighted by Gasteiger charge is 2.62. The molecule has 1 aromatic carbocycles. The number of hydrogen-bond acceptors (Lipinski definition) is 2. The van der Waals surface area contributed by atoms with Crippen molar-refractivity contribution in [2.24, 2.45) is 4.99 Å². The van der Waals surface area contributed by atoms with Crippen LogP contribution in [-0.4, -0.2) is 16.9 Å². The van der Waals surface area contributed by atoms with Crippen LogP contribution < -0.4 is 0 Å². The molecule has 1 saturated heterocycles. The first-order valence-electron chi connectivity index (χ1n) is 5.21. The SMILES string of the molecule is ClC1C(=NCc2ccccc2)OC12CC2. The molecule has 1 unspecified atom stereocenters. The Hall–Kier alpha value is -1.02. The fourth-order valence-corrected chi connectivity index (χ4v) is 2.20. The summed E-state index contributed by atoms with van der Waals surface area (Å²) < 4.78 is 5.59. The first-order chi connectivity index (χ1) is 7.30. The molecule has 0 bridgehead atoms. The lowest BCUT2D eigenvalue weighted by Gasteiger charge is -2.35. The Labute approximate surface area is 93.9 Å². The van der Waals surface area contributed by atoms with Crippen molar-refractivity contribution in [3.8, 4) is 0 Å². The van der Waals surface area contributed by atoms with Crippen molar-refractivity contribution in [2.45, 2.75) is 30.4 Å². The lowest BCUT2D eigenvalue weighted by atomic mass is 10.1. The van der Waals surface area contributed by atoms with Crippen LogP contribution in [0.5, 0.6) is 0 Å². The standard InChI is InChI=1S/C12H12ClNO/c13-10-11(15-12(10)6-7-12)14-8-9-4-2-1-3-5-9/h1-5,10H,6-8H2. The molecule has 3 heteroatoms. The van der Waals surface area contributed by atoms with Crippen LogP contribution in [0.4, 0.5) is 0 Å². The van der Waals surface area contributed by atoms with Crippen molar-refractivity contribution in [1.82, 2.24) is 0 Å². The van der Waals surface area contributed by atoms with Gasteiger partial charge in [0.05, 0.1) is 6.54 Å². The third kappa shape index (κ3) is 1.53. The predicted octanol–water partition coefficient (Wildman–Crippen LogP) is 2.76. The van der Waals surface area contributed by atoms with Crippen LogP contribution >= 0.6 is 11.6 Å². The van der Waals surface area contributed by atoms with E-state index in [1.807, 2.05) is 18.2 Å². The Bertz CT molecular complexity index is 397. The summed E-state index contributed by atoms with van der Waals surface area (Å²) in [5.41, 5.74) is 1.17. The summed E-state index contributed by atoms with van der Waals surface area (Å²) in [7, 11) is 0. The highest BCUT2D eigenvalue weighted by atomic mass is 35.5. The maximum absolute atomic E-state index is 6.18. The summed E-state index contributed by atoms with van der Waals surface area (Å²) in [4.78, 5) is 4.38. The molecule has 1 saturated carbocycles. The van der Waals surface area contributed by atoms with Gasteiger partial charge in [0, 0.05) is 0 Å². The molecule has 0 radical (unpaired) electrons. The molecular formula is C12H12ClNO. The molecule has 3 rings (SSSR count). The molecule has 1 aromatic rings. The number of benzene rings is 1. The first kappa shape index (κ1) is 9.22. The first-order valence-corrected chi connectivity index (χ1v) is 5.65. The summed E-state index contributed by atoms with van der Waals surface area (Å²) >= 11 is 6.18. The van der Waals surface area contributed by atoms with E-state index in [1.54, 1.807) is 0 Å². The number of aliphatic imine (C=N–C) groups is 1. The normalized spacial score (nSPS) is 28.6. The van der Waals surface area contributed by atoms with E-state index < -0.39 is 0 Å². The zero-order valence-electron chi connectivity index (χ0n) is 8.32. The largest absolute Gasteiger partial charge is 0.471 e. The Balaban J connectivity index is 1.65. The molecule has 1 spiro atoms. The van der Waals surface area contributed by atoms with Gasteiger partial charge in [-0.15, -0.1) is 11.6 Å². The number of nitrogens with zero attached hydrogens (tertiary/aromatic N) is 1. The van der Waals surface area contributed by atoms with Crippen LogP contribution in [0.15, 0.2) is 35.3 Å². The molecule has 0 aromatic heterocycles. The Morgan fingerprint density at radius 1 is 1.33 bits per heavy atom. The van der Waals surface area contributed by atoms with Gasteiger partial charge >= 0.3 is 0 Å². The third-order valence-electron chi connectivity index (χ3n) is 2.99. The van der Waals surface area contributed by atoms with Gasteiger partial charge in [-0.25, -0.2) is 4.99 Å². The molecule has 2 aliphatic rings. The topological polar surface area (TPSA) is 21.6 Å². The fraction of sp³-hybridized carbons (Fsp3) is 0.417. The molecule has 2 nitrogen and oxygen atoms in total. The summed E-state index contributed by atoms with van der Waals surface area (Å²) in [5.74, 6) is 0.720. The van der Waals surface area contributed by atoms with E-state index in [1.165, 1.54) is 5.56 Å². The highest BCUT2D eigenvalue weighted by molar-refractivity contribution is 6.34. The molecule has 15 heavy (non-hydrogen) atoms. The second-order valence-corrected chi connectivity index (χ2v) is 4.61.